The molecule has 0 saturated heterocycles. The Morgan fingerprint density at radius 2 is 2.17 bits per heavy atom. The second-order valence-corrected chi connectivity index (χ2v) is 4.31. The van der Waals surface area contributed by atoms with E-state index in [1.165, 1.54) is 0 Å². The van der Waals surface area contributed by atoms with E-state index in [2.05, 4.69) is 15.5 Å². The predicted molar refractivity (Wildman–Crippen MR) is 70.1 cm³/mol. The Kier molecular flexibility index (Phi) is 3.32. The van der Waals surface area contributed by atoms with E-state index >= 15 is 0 Å². The van der Waals surface area contributed by atoms with E-state index in [0.717, 1.165) is 16.7 Å². The largest absolute Gasteiger partial charge is 0.398 e. The number of hydrogen-bond acceptors (Lipinski definition) is 3. The van der Waals surface area contributed by atoms with E-state index < -0.39 is 0 Å². The lowest BCUT2D eigenvalue weighted by atomic mass is 10.0. The van der Waals surface area contributed by atoms with Gasteiger partial charge in [0.1, 0.15) is 0 Å². The fourth-order valence-corrected chi connectivity index (χ4v) is 1.77. The molecule has 4 N–H and O–H groups in total. The van der Waals surface area contributed by atoms with Gasteiger partial charge in [-0.15, -0.1) is 0 Å². The van der Waals surface area contributed by atoms with Crippen molar-refractivity contribution in [2.45, 2.75) is 20.4 Å². The van der Waals surface area contributed by atoms with Crippen LogP contribution in [0.2, 0.25) is 0 Å². The lowest BCUT2D eigenvalue weighted by Crippen LogP contribution is -2.23. The molecule has 0 spiro atoms. The molecule has 0 atom stereocenters. The maximum Gasteiger partial charge on any atom is 0.251 e. The summed E-state index contributed by atoms with van der Waals surface area (Å²) in [4.78, 5) is 12.0. The third-order valence-corrected chi connectivity index (χ3v) is 2.87. The van der Waals surface area contributed by atoms with Gasteiger partial charge in [0.05, 0.1) is 6.20 Å². The van der Waals surface area contributed by atoms with Crippen LogP contribution in [0.1, 0.15) is 27.0 Å². The molecule has 18 heavy (non-hydrogen) atoms. The molecule has 0 aliphatic carbocycles. The van der Waals surface area contributed by atoms with Gasteiger partial charge < -0.3 is 11.1 Å². The van der Waals surface area contributed by atoms with Gasteiger partial charge in [0, 0.05) is 29.6 Å². The third-order valence-electron chi connectivity index (χ3n) is 2.87. The van der Waals surface area contributed by atoms with Crippen LogP contribution in [-0.2, 0) is 6.54 Å². The minimum Gasteiger partial charge on any atom is -0.398 e. The number of hydrogen-bond donors (Lipinski definition) is 3. The lowest BCUT2D eigenvalue weighted by Gasteiger charge is -2.09. The fraction of sp³-hybridized carbons (Fsp3) is 0.231. The molecule has 0 aliphatic rings. The first-order chi connectivity index (χ1) is 8.58. The van der Waals surface area contributed by atoms with Crippen LogP contribution < -0.4 is 11.1 Å². The third kappa shape index (κ3) is 2.51. The molecule has 0 bridgehead atoms. The summed E-state index contributed by atoms with van der Waals surface area (Å²) in [5.41, 5.74) is 9.91. The molecule has 2 rings (SSSR count). The van der Waals surface area contributed by atoms with E-state index in [4.69, 9.17) is 5.73 Å². The molecule has 0 fully saturated rings. The Bertz CT molecular complexity index is 561. The summed E-state index contributed by atoms with van der Waals surface area (Å²) in [5, 5.41) is 9.35. The number of aryl methyl sites for hydroxylation is 2. The predicted octanol–water partition coefficient (Wildman–Crippen LogP) is 1.54. The average Bonchev–Trinajstić information content (AvgIpc) is 2.84. The molecule has 2 aromatic rings. The Morgan fingerprint density at radius 3 is 2.83 bits per heavy atom. The van der Waals surface area contributed by atoms with Gasteiger partial charge in [0.25, 0.3) is 5.91 Å². The average molecular weight is 244 g/mol. The van der Waals surface area contributed by atoms with Gasteiger partial charge in [-0.3, -0.25) is 9.89 Å². The number of rotatable bonds is 3. The van der Waals surface area contributed by atoms with Crippen molar-refractivity contribution in [3.8, 4) is 0 Å². The summed E-state index contributed by atoms with van der Waals surface area (Å²) >= 11 is 0. The molecular formula is C13H16N4O. The highest BCUT2D eigenvalue weighted by atomic mass is 16.1. The number of nitrogens with zero attached hydrogens (tertiary/aromatic N) is 1. The number of H-pyrrole nitrogens is 1. The molecule has 1 heterocycles. The molecular weight excluding hydrogens is 228 g/mol. The first-order valence-electron chi connectivity index (χ1n) is 5.70. The summed E-state index contributed by atoms with van der Waals surface area (Å²) in [7, 11) is 0. The molecule has 0 radical (unpaired) electrons. The topological polar surface area (TPSA) is 83.8 Å². The summed E-state index contributed by atoms with van der Waals surface area (Å²) in [6.07, 6.45) is 3.42. The van der Waals surface area contributed by atoms with Gasteiger partial charge in [-0.05, 0) is 31.0 Å². The van der Waals surface area contributed by atoms with Gasteiger partial charge in [-0.25, -0.2) is 0 Å². The zero-order valence-corrected chi connectivity index (χ0v) is 10.4. The Hall–Kier alpha value is -2.30. The van der Waals surface area contributed by atoms with Crippen LogP contribution in [0.3, 0.4) is 0 Å². The molecule has 94 valence electrons. The molecule has 5 heteroatoms. The number of amides is 1. The van der Waals surface area contributed by atoms with Gasteiger partial charge >= 0.3 is 0 Å². The van der Waals surface area contributed by atoms with E-state index in [0.29, 0.717) is 17.8 Å². The number of carbonyl (C=O) groups excluding carboxylic acids is 1. The van der Waals surface area contributed by atoms with Crippen LogP contribution in [0.4, 0.5) is 5.69 Å². The van der Waals surface area contributed by atoms with E-state index in [9.17, 15) is 4.79 Å². The van der Waals surface area contributed by atoms with Crippen molar-refractivity contribution in [1.29, 1.82) is 0 Å². The number of carbonyl (C=O) groups is 1. The highest BCUT2D eigenvalue weighted by Gasteiger charge is 2.10. The van der Waals surface area contributed by atoms with Crippen molar-refractivity contribution in [1.82, 2.24) is 15.5 Å². The normalized spacial score (nSPS) is 10.3. The number of benzene rings is 1. The molecule has 1 amide bonds. The van der Waals surface area contributed by atoms with Crippen LogP contribution in [0.5, 0.6) is 0 Å². The standard InChI is InChI=1S/C13H16N4O/c1-8-3-9(2)12(14)4-11(8)13(18)15-5-10-6-16-17-7-10/h3-4,6-7H,5,14H2,1-2H3,(H,15,18)(H,16,17). The van der Waals surface area contributed by atoms with Crippen molar-refractivity contribution >= 4 is 11.6 Å². The van der Waals surface area contributed by atoms with Crippen LogP contribution >= 0.6 is 0 Å². The number of nitrogens with two attached hydrogens (primary N) is 1. The first kappa shape index (κ1) is 12.2. The van der Waals surface area contributed by atoms with Crippen molar-refractivity contribution in [2.24, 2.45) is 0 Å². The smallest absolute Gasteiger partial charge is 0.251 e. The van der Waals surface area contributed by atoms with Crippen molar-refractivity contribution in [2.75, 3.05) is 5.73 Å². The van der Waals surface area contributed by atoms with E-state index in [1.54, 1.807) is 18.5 Å². The Labute approximate surface area is 105 Å². The molecule has 1 aromatic carbocycles. The van der Waals surface area contributed by atoms with Crippen molar-refractivity contribution in [3.05, 3.63) is 46.8 Å². The maximum atomic E-state index is 12.0. The van der Waals surface area contributed by atoms with Crippen LogP contribution in [0.25, 0.3) is 0 Å². The zero-order valence-electron chi connectivity index (χ0n) is 10.4. The highest BCUT2D eigenvalue weighted by molar-refractivity contribution is 5.96. The second-order valence-electron chi connectivity index (χ2n) is 4.31. The van der Waals surface area contributed by atoms with Crippen LogP contribution in [-0.4, -0.2) is 16.1 Å². The number of aromatic nitrogens is 2. The van der Waals surface area contributed by atoms with Gasteiger partial charge in [0.15, 0.2) is 0 Å². The monoisotopic (exact) mass is 244 g/mol. The summed E-state index contributed by atoms with van der Waals surface area (Å²) in [6, 6.07) is 3.64. The summed E-state index contributed by atoms with van der Waals surface area (Å²) < 4.78 is 0. The second kappa shape index (κ2) is 4.91. The molecule has 0 aliphatic heterocycles. The van der Waals surface area contributed by atoms with Gasteiger partial charge in [-0.2, -0.15) is 5.10 Å². The van der Waals surface area contributed by atoms with E-state index in [-0.39, 0.29) is 5.91 Å². The summed E-state index contributed by atoms with van der Waals surface area (Å²) in [6.45, 7) is 4.28. The van der Waals surface area contributed by atoms with E-state index in [1.807, 2.05) is 19.9 Å². The highest BCUT2D eigenvalue weighted by Crippen LogP contribution is 2.17. The van der Waals surface area contributed by atoms with Crippen LogP contribution in [0.15, 0.2) is 24.5 Å². The molecule has 5 nitrogen and oxygen atoms in total. The van der Waals surface area contributed by atoms with Crippen molar-refractivity contribution in [3.63, 3.8) is 0 Å². The van der Waals surface area contributed by atoms with Gasteiger partial charge in [-0.1, -0.05) is 6.07 Å². The zero-order chi connectivity index (χ0) is 13.1. The number of nitrogens with one attached hydrogen (secondary N) is 2. The first-order valence-corrected chi connectivity index (χ1v) is 5.70. The van der Waals surface area contributed by atoms with Crippen molar-refractivity contribution < 1.29 is 4.79 Å². The maximum absolute atomic E-state index is 12.0. The number of nitrogen functional groups attached to an aromatic ring is 1. The summed E-state index contributed by atoms with van der Waals surface area (Å²) in [5.74, 6) is -0.125. The number of anilines is 1. The Morgan fingerprint density at radius 1 is 1.39 bits per heavy atom. The SMILES string of the molecule is Cc1cc(C)c(C(=O)NCc2cn[nH]c2)cc1N. The lowest BCUT2D eigenvalue weighted by molar-refractivity contribution is 0.0950. The quantitative estimate of drug-likeness (QED) is 0.716. The van der Waals surface area contributed by atoms with Gasteiger partial charge in [0.2, 0.25) is 0 Å². The molecule has 1 aromatic heterocycles. The van der Waals surface area contributed by atoms with Crippen LogP contribution in [0, 0.1) is 13.8 Å². The molecule has 0 unspecified atom stereocenters. The minimum absolute atomic E-state index is 0.125. The minimum atomic E-state index is -0.125. The Balaban J connectivity index is 2.11. The number of aromatic amines is 1. The fourth-order valence-electron chi connectivity index (χ4n) is 1.77. The molecule has 0 saturated carbocycles.